The monoisotopic (exact) mass is 232 g/mol. The molecule has 0 aliphatic carbocycles. The molecule has 2 rings (SSSR count). The van der Waals surface area contributed by atoms with E-state index >= 15 is 0 Å². The Balaban J connectivity index is 2.73. The summed E-state index contributed by atoms with van der Waals surface area (Å²) in [5.41, 5.74) is 0.982. The predicted molar refractivity (Wildman–Crippen MR) is 68.6 cm³/mol. The minimum Gasteiger partial charge on any atom is -0.497 e. The largest absolute Gasteiger partial charge is 0.497 e. The number of hydrogen-bond donors (Lipinski definition) is 2. The van der Waals surface area contributed by atoms with Crippen molar-refractivity contribution in [2.24, 2.45) is 0 Å². The fraction of sp³-hybridized carbons (Fsp3) is 0.308. The smallest absolute Gasteiger partial charge is 0.255 e. The number of H-pyrrole nitrogens is 1. The second-order valence-corrected chi connectivity index (χ2v) is 4.00. The highest BCUT2D eigenvalue weighted by Gasteiger charge is 2.10. The first-order chi connectivity index (χ1) is 8.17. The van der Waals surface area contributed by atoms with Crippen molar-refractivity contribution >= 4 is 10.8 Å². The second-order valence-electron chi connectivity index (χ2n) is 4.00. The summed E-state index contributed by atoms with van der Waals surface area (Å²) in [5.74, 6) is 0.692. The molecule has 2 N–H and O–H groups in total. The molecule has 4 heteroatoms. The van der Waals surface area contributed by atoms with Crippen molar-refractivity contribution in [3.05, 3.63) is 40.3 Å². The molecule has 17 heavy (non-hydrogen) atoms. The standard InChI is InChI=1S/C13H16N2O2/c1-8(14-2)12-7-15-13(16)11-6-9(17-3)4-5-10(11)12/h4-8,14H,1-3H3,(H,15,16). The van der Waals surface area contributed by atoms with Crippen LogP contribution < -0.4 is 15.6 Å². The Morgan fingerprint density at radius 1 is 1.35 bits per heavy atom. The SMILES string of the molecule is CNC(C)c1c[nH]c(=O)c2cc(OC)ccc12. The third kappa shape index (κ3) is 2.03. The molecule has 0 amide bonds. The van der Waals surface area contributed by atoms with Crippen LogP contribution in [0.5, 0.6) is 5.75 Å². The molecule has 1 aromatic carbocycles. The number of ether oxygens (including phenoxy) is 1. The summed E-state index contributed by atoms with van der Waals surface area (Å²) in [6, 6.07) is 5.74. The van der Waals surface area contributed by atoms with Gasteiger partial charge in [-0.25, -0.2) is 0 Å². The maximum absolute atomic E-state index is 11.8. The van der Waals surface area contributed by atoms with Crippen LogP contribution in [0.4, 0.5) is 0 Å². The number of fused-ring (bicyclic) bond motifs is 1. The Morgan fingerprint density at radius 3 is 2.76 bits per heavy atom. The molecule has 1 unspecified atom stereocenters. The van der Waals surface area contributed by atoms with E-state index in [9.17, 15) is 4.79 Å². The van der Waals surface area contributed by atoms with Crippen LogP contribution in [0.25, 0.3) is 10.8 Å². The van der Waals surface area contributed by atoms with E-state index in [1.807, 2.05) is 19.2 Å². The van der Waals surface area contributed by atoms with Crippen molar-refractivity contribution in [1.82, 2.24) is 10.3 Å². The number of nitrogens with one attached hydrogen (secondary N) is 2. The van der Waals surface area contributed by atoms with Gasteiger partial charge in [0.25, 0.3) is 5.56 Å². The lowest BCUT2D eigenvalue weighted by Gasteiger charge is -2.13. The highest BCUT2D eigenvalue weighted by Crippen LogP contribution is 2.24. The van der Waals surface area contributed by atoms with Crippen LogP contribution in [0, 0.1) is 0 Å². The lowest BCUT2D eigenvalue weighted by atomic mass is 10.0. The Morgan fingerprint density at radius 2 is 2.12 bits per heavy atom. The average molecular weight is 232 g/mol. The van der Waals surface area contributed by atoms with Crippen LogP contribution in [0.1, 0.15) is 18.5 Å². The van der Waals surface area contributed by atoms with E-state index in [4.69, 9.17) is 4.74 Å². The summed E-state index contributed by atoms with van der Waals surface area (Å²) >= 11 is 0. The molecule has 0 bridgehead atoms. The summed E-state index contributed by atoms with van der Waals surface area (Å²) < 4.78 is 5.14. The van der Waals surface area contributed by atoms with Crippen molar-refractivity contribution in [3.8, 4) is 5.75 Å². The second kappa shape index (κ2) is 4.59. The lowest BCUT2D eigenvalue weighted by molar-refractivity contribution is 0.415. The molecule has 2 aromatic rings. The minimum atomic E-state index is -0.0917. The quantitative estimate of drug-likeness (QED) is 0.848. The fourth-order valence-electron chi connectivity index (χ4n) is 1.90. The first kappa shape index (κ1) is 11.7. The van der Waals surface area contributed by atoms with Crippen LogP contribution in [-0.2, 0) is 0 Å². The Labute approximate surface area is 99.6 Å². The van der Waals surface area contributed by atoms with Gasteiger partial charge in [0.2, 0.25) is 0 Å². The average Bonchev–Trinajstić information content (AvgIpc) is 2.38. The zero-order chi connectivity index (χ0) is 12.4. The number of hydrogen-bond acceptors (Lipinski definition) is 3. The zero-order valence-corrected chi connectivity index (χ0v) is 10.2. The predicted octanol–water partition coefficient (Wildman–Crippen LogP) is 1.82. The van der Waals surface area contributed by atoms with Crippen LogP contribution in [0.2, 0.25) is 0 Å². The van der Waals surface area contributed by atoms with Gasteiger partial charge >= 0.3 is 0 Å². The fourth-order valence-corrected chi connectivity index (χ4v) is 1.90. The van der Waals surface area contributed by atoms with Gasteiger partial charge in [0, 0.05) is 12.2 Å². The van der Waals surface area contributed by atoms with Crippen molar-refractivity contribution in [3.63, 3.8) is 0 Å². The van der Waals surface area contributed by atoms with Crippen LogP contribution in [-0.4, -0.2) is 19.1 Å². The van der Waals surface area contributed by atoms with E-state index in [2.05, 4.69) is 17.2 Å². The van der Waals surface area contributed by atoms with E-state index in [1.54, 1.807) is 19.4 Å². The normalized spacial score (nSPS) is 12.6. The number of aromatic nitrogens is 1. The van der Waals surface area contributed by atoms with Gasteiger partial charge in [-0.05, 0) is 37.1 Å². The van der Waals surface area contributed by atoms with Gasteiger partial charge < -0.3 is 15.0 Å². The van der Waals surface area contributed by atoms with Gasteiger partial charge in [0.15, 0.2) is 0 Å². The summed E-state index contributed by atoms with van der Waals surface area (Å²) in [7, 11) is 3.49. The third-order valence-corrected chi connectivity index (χ3v) is 3.04. The molecule has 0 saturated heterocycles. The number of benzene rings is 1. The van der Waals surface area contributed by atoms with Gasteiger partial charge in [0.1, 0.15) is 5.75 Å². The van der Waals surface area contributed by atoms with Gasteiger partial charge in [0.05, 0.1) is 12.5 Å². The number of rotatable bonds is 3. The van der Waals surface area contributed by atoms with Crippen molar-refractivity contribution < 1.29 is 4.74 Å². The van der Waals surface area contributed by atoms with Crippen molar-refractivity contribution in [2.75, 3.05) is 14.2 Å². The van der Waals surface area contributed by atoms with E-state index in [0.29, 0.717) is 11.1 Å². The Hall–Kier alpha value is -1.81. The maximum atomic E-state index is 11.8. The maximum Gasteiger partial charge on any atom is 0.255 e. The number of aromatic amines is 1. The summed E-state index contributed by atoms with van der Waals surface area (Å²) in [6.45, 7) is 2.05. The molecule has 0 radical (unpaired) electrons. The molecular weight excluding hydrogens is 216 g/mol. The number of pyridine rings is 1. The molecule has 0 aliphatic heterocycles. The highest BCUT2D eigenvalue weighted by molar-refractivity contribution is 5.86. The summed E-state index contributed by atoms with van der Waals surface area (Å²) in [4.78, 5) is 14.5. The summed E-state index contributed by atoms with van der Waals surface area (Å²) in [5, 5.41) is 4.78. The molecule has 1 atom stereocenters. The van der Waals surface area contributed by atoms with Gasteiger partial charge in [-0.15, -0.1) is 0 Å². The molecular formula is C13H16N2O2. The van der Waals surface area contributed by atoms with E-state index in [1.165, 1.54) is 0 Å². The molecule has 90 valence electrons. The van der Waals surface area contributed by atoms with Gasteiger partial charge in [-0.2, -0.15) is 0 Å². The van der Waals surface area contributed by atoms with E-state index in [0.717, 1.165) is 10.9 Å². The molecule has 0 fully saturated rings. The minimum absolute atomic E-state index is 0.0917. The molecule has 0 spiro atoms. The van der Waals surface area contributed by atoms with Crippen LogP contribution in [0.3, 0.4) is 0 Å². The number of methoxy groups -OCH3 is 1. The zero-order valence-electron chi connectivity index (χ0n) is 10.2. The first-order valence-electron chi connectivity index (χ1n) is 5.54. The van der Waals surface area contributed by atoms with E-state index < -0.39 is 0 Å². The molecule has 1 aromatic heterocycles. The molecule has 0 aliphatic rings. The van der Waals surface area contributed by atoms with Gasteiger partial charge in [-0.3, -0.25) is 4.79 Å². The molecule has 4 nitrogen and oxygen atoms in total. The third-order valence-electron chi connectivity index (χ3n) is 3.04. The molecule has 1 heterocycles. The summed E-state index contributed by atoms with van der Waals surface area (Å²) in [6.07, 6.45) is 1.76. The van der Waals surface area contributed by atoms with E-state index in [-0.39, 0.29) is 11.6 Å². The van der Waals surface area contributed by atoms with Gasteiger partial charge in [-0.1, -0.05) is 6.07 Å². The van der Waals surface area contributed by atoms with Crippen LogP contribution >= 0.6 is 0 Å². The Kier molecular flexibility index (Phi) is 3.15. The van der Waals surface area contributed by atoms with Crippen LogP contribution in [0.15, 0.2) is 29.2 Å². The first-order valence-corrected chi connectivity index (χ1v) is 5.54. The van der Waals surface area contributed by atoms with Crippen molar-refractivity contribution in [2.45, 2.75) is 13.0 Å². The molecule has 0 saturated carbocycles. The topological polar surface area (TPSA) is 54.1 Å². The Bertz CT molecular complexity index is 589. The highest BCUT2D eigenvalue weighted by atomic mass is 16.5. The lowest BCUT2D eigenvalue weighted by Crippen LogP contribution is -2.16. The van der Waals surface area contributed by atoms with Crippen molar-refractivity contribution in [1.29, 1.82) is 0 Å².